The molecule has 5 nitrogen and oxygen atoms in total. The number of hydrogen-bond donors (Lipinski definition) is 1. The zero-order valence-corrected chi connectivity index (χ0v) is 14.5. The third-order valence-corrected chi connectivity index (χ3v) is 5.51. The third-order valence-electron chi connectivity index (χ3n) is 4.70. The maximum absolute atomic E-state index is 12.2. The van der Waals surface area contributed by atoms with Crippen LogP contribution in [0.4, 0.5) is 0 Å². The fourth-order valence-corrected chi connectivity index (χ4v) is 3.65. The summed E-state index contributed by atoms with van der Waals surface area (Å²) in [5, 5.41) is 11.8. The van der Waals surface area contributed by atoms with E-state index in [1.54, 1.807) is 0 Å². The molecule has 2 aromatic rings. The highest BCUT2D eigenvalue weighted by atomic mass is 32.2. The lowest BCUT2D eigenvalue weighted by Crippen LogP contribution is -2.39. The SMILES string of the molecule is Cc1ccccc1-c1nnc(SCC(=O)NC(C2CC2)C2CC2)o1. The van der Waals surface area contributed by atoms with Crippen LogP contribution < -0.4 is 5.32 Å². The molecule has 1 aromatic carbocycles. The Balaban J connectivity index is 1.33. The molecule has 1 N–H and O–H groups in total. The van der Waals surface area contributed by atoms with Gasteiger partial charge in [-0.1, -0.05) is 30.0 Å². The van der Waals surface area contributed by atoms with Crippen molar-refractivity contribution in [3.05, 3.63) is 29.8 Å². The molecule has 2 aliphatic rings. The molecule has 24 heavy (non-hydrogen) atoms. The Morgan fingerprint density at radius 3 is 2.62 bits per heavy atom. The molecule has 2 saturated carbocycles. The summed E-state index contributed by atoms with van der Waals surface area (Å²) < 4.78 is 5.69. The maximum atomic E-state index is 12.2. The number of aromatic nitrogens is 2. The molecular formula is C18H21N3O2S. The van der Waals surface area contributed by atoms with Crippen LogP contribution >= 0.6 is 11.8 Å². The quantitative estimate of drug-likeness (QED) is 0.780. The van der Waals surface area contributed by atoms with Gasteiger partial charge in [0, 0.05) is 11.6 Å². The van der Waals surface area contributed by atoms with Crippen LogP contribution in [0.1, 0.15) is 31.2 Å². The van der Waals surface area contributed by atoms with E-state index in [0.717, 1.165) is 11.1 Å². The van der Waals surface area contributed by atoms with Gasteiger partial charge in [0.2, 0.25) is 11.8 Å². The zero-order valence-electron chi connectivity index (χ0n) is 13.7. The van der Waals surface area contributed by atoms with Gasteiger partial charge in [-0.3, -0.25) is 4.79 Å². The third kappa shape index (κ3) is 3.64. The Labute approximate surface area is 145 Å². The van der Waals surface area contributed by atoms with Crippen molar-refractivity contribution in [2.75, 3.05) is 5.75 Å². The first kappa shape index (κ1) is 15.7. The van der Waals surface area contributed by atoms with E-state index >= 15 is 0 Å². The molecule has 2 aliphatic carbocycles. The lowest BCUT2D eigenvalue weighted by Gasteiger charge is -2.17. The van der Waals surface area contributed by atoms with Gasteiger partial charge in [0.15, 0.2) is 0 Å². The minimum absolute atomic E-state index is 0.0689. The summed E-state index contributed by atoms with van der Waals surface area (Å²) >= 11 is 1.30. The second kappa shape index (κ2) is 6.59. The van der Waals surface area contributed by atoms with Crippen molar-refractivity contribution < 1.29 is 9.21 Å². The van der Waals surface area contributed by atoms with Crippen molar-refractivity contribution in [2.45, 2.75) is 43.9 Å². The van der Waals surface area contributed by atoms with Crippen LogP contribution in [0.5, 0.6) is 0 Å². The zero-order chi connectivity index (χ0) is 16.5. The van der Waals surface area contributed by atoms with Gasteiger partial charge in [-0.25, -0.2) is 0 Å². The largest absolute Gasteiger partial charge is 0.411 e. The summed E-state index contributed by atoms with van der Waals surface area (Å²) in [5.41, 5.74) is 2.02. The predicted octanol–water partition coefficient (Wildman–Crippen LogP) is 3.44. The Kier molecular flexibility index (Phi) is 4.31. The smallest absolute Gasteiger partial charge is 0.277 e. The first-order chi connectivity index (χ1) is 11.7. The minimum atomic E-state index is 0.0689. The Morgan fingerprint density at radius 1 is 1.25 bits per heavy atom. The summed E-state index contributed by atoms with van der Waals surface area (Å²) in [6, 6.07) is 8.28. The number of hydrogen-bond acceptors (Lipinski definition) is 5. The normalized spacial score (nSPS) is 17.2. The molecule has 1 heterocycles. The molecule has 0 radical (unpaired) electrons. The van der Waals surface area contributed by atoms with E-state index in [0.29, 0.717) is 34.7 Å². The monoisotopic (exact) mass is 343 g/mol. The van der Waals surface area contributed by atoms with Crippen molar-refractivity contribution in [3.63, 3.8) is 0 Å². The van der Waals surface area contributed by atoms with Crippen LogP contribution in [0.15, 0.2) is 33.9 Å². The molecule has 2 fully saturated rings. The van der Waals surface area contributed by atoms with Gasteiger partial charge in [0.25, 0.3) is 5.22 Å². The molecule has 4 rings (SSSR count). The van der Waals surface area contributed by atoms with Crippen molar-refractivity contribution in [2.24, 2.45) is 11.8 Å². The van der Waals surface area contributed by atoms with Gasteiger partial charge in [-0.05, 0) is 56.1 Å². The summed E-state index contributed by atoms with van der Waals surface area (Å²) in [5.74, 6) is 2.32. The number of carbonyl (C=O) groups excluding carboxylic acids is 1. The van der Waals surface area contributed by atoms with E-state index < -0.39 is 0 Å². The van der Waals surface area contributed by atoms with Gasteiger partial charge in [0.1, 0.15) is 0 Å². The van der Waals surface area contributed by atoms with Gasteiger partial charge in [0.05, 0.1) is 5.75 Å². The van der Waals surface area contributed by atoms with E-state index in [1.807, 2.05) is 31.2 Å². The van der Waals surface area contributed by atoms with Crippen LogP contribution in [0, 0.1) is 18.8 Å². The number of aryl methyl sites for hydroxylation is 1. The van der Waals surface area contributed by atoms with E-state index in [9.17, 15) is 4.79 Å². The molecule has 0 unspecified atom stereocenters. The second-order valence-corrected chi connectivity index (χ2v) is 7.67. The average molecular weight is 343 g/mol. The first-order valence-electron chi connectivity index (χ1n) is 8.52. The number of rotatable bonds is 7. The van der Waals surface area contributed by atoms with E-state index in [1.165, 1.54) is 37.4 Å². The molecule has 6 heteroatoms. The molecule has 0 spiro atoms. The molecular weight excluding hydrogens is 322 g/mol. The molecule has 0 atom stereocenters. The number of nitrogens with zero attached hydrogens (tertiary/aromatic N) is 2. The Bertz CT molecular complexity index is 725. The topological polar surface area (TPSA) is 68.0 Å². The number of carbonyl (C=O) groups is 1. The lowest BCUT2D eigenvalue weighted by atomic mass is 10.1. The summed E-state index contributed by atoms with van der Waals surface area (Å²) in [6.45, 7) is 2.01. The van der Waals surface area contributed by atoms with Crippen LogP contribution in [0.25, 0.3) is 11.5 Å². The van der Waals surface area contributed by atoms with E-state index in [-0.39, 0.29) is 5.91 Å². The molecule has 1 amide bonds. The number of thioether (sulfide) groups is 1. The van der Waals surface area contributed by atoms with Crippen molar-refractivity contribution >= 4 is 17.7 Å². The molecule has 126 valence electrons. The van der Waals surface area contributed by atoms with Gasteiger partial charge in [-0.2, -0.15) is 0 Å². The van der Waals surface area contributed by atoms with Crippen LogP contribution in [-0.4, -0.2) is 27.9 Å². The van der Waals surface area contributed by atoms with Crippen LogP contribution in [-0.2, 0) is 4.79 Å². The summed E-state index contributed by atoms with van der Waals surface area (Å²) in [6.07, 6.45) is 5.05. The molecule has 0 aliphatic heterocycles. The molecule has 0 saturated heterocycles. The van der Waals surface area contributed by atoms with Crippen molar-refractivity contribution in [1.82, 2.24) is 15.5 Å². The lowest BCUT2D eigenvalue weighted by molar-refractivity contribution is -0.119. The van der Waals surface area contributed by atoms with Gasteiger partial charge in [-0.15, -0.1) is 10.2 Å². The number of benzene rings is 1. The minimum Gasteiger partial charge on any atom is -0.411 e. The Hall–Kier alpha value is -1.82. The van der Waals surface area contributed by atoms with Crippen molar-refractivity contribution in [1.29, 1.82) is 0 Å². The number of amides is 1. The highest BCUT2D eigenvalue weighted by molar-refractivity contribution is 7.99. The standard InChI is InChI=1S/C18H21N3O2S/c1-11-4-2-3-5-14(11)17-20-21-18(23-17)24-10-15(22)19-16(12-6-7-12)13-8-9-13/h2-5,12-13,16H,6-10H2,1H3,(H,19,22). The predicted molar refractivity (Wildman–Crippen MR) is 92.6 cm³/mol. The summed E-state index contributed by atoms with van der Waals surface area (Å²) in [7, 11) is 0. The number of nitrogens with one attached hydrogen (secondary N) is 1. The van der Waals surface area contributed by atoms with Gasteiger partial charge < -0.3 is 9.73 Å². The van der Waals surface area contributed by atoms with Crippen molar-refractivity contribution in [3.8, 4) is 11.5 Å². The highest BCUT2D eigenvalue weighted by Crippen LogP contribution is 2.44. The van der Waals surface area contributed by atoms with Crippen LogP contribution in [0.3, 0.4) is 0 Å². The second-order valence-electron chi connectivity index (χ2n) is 6.74. The van der Waals surface area contributed by atoms with Crippen LogP contribution in [0.2, 0.25) is 0 Å². The highest BCUT2D eigenvalue weighted by Gasteiger charge is 2.42. The fourth-order valence-electron chi connectivity index (χ4n) is 3.08. The van der Waals surface area contributed by atoms with E-state index in [4.69, 9.17) is 4.42 Å². The summed E-state index contributed by atoms with van der Waals surface area (Å²) in [4.78, 5) is 12.2. The average Bonchev–Trinajstić information content (AvgIpc) is 3.50. The molecule has 1 aromatic heterocycles. The van der Waals surface area contributed by atoms with E-state index in [2.05, 4.69) is 15.5 Å². The maximum Gasteiger partial charge on any atom is 0.277 e. The first-order valence-corrected chi connectivity index (χ1v) is 9.51. The fraction of sp³-hybridized carbons (Fsp3) is 0.500. The van der Waals surface area contributed by atoms with Gasteiger partial charge >= 0.3 is 0 Å². The Morgan fingerprint density at radius 2 is 1.96 bits per heavy atom. The molecule has 0 bridgehead atoms.